The molecule has 1 aromatic rings. The molecular formula is C14H25ClN4O2. The Balaban J connectivity index is 0.00000220. The van der Waals surface area contributed by atoms with Crippen molar-refractivity contribution in [1.82, 2.24) is 20.4 Å². The van der Waals surface area contributed by atoms with Crippen LogP contribution in [0.3, 0.4) is 0 Å². The van der Waals surface area contributed by atoms with Gasteiger partial charge >= 0.3 is 0 Å². The molecule has 1 fully saturated rings. The normalized spacial score (nSPS) is 21.7. The number of amides is 1. The zero-order valence-electron chi connectivity index (χ0n) is 13.1. The van der Waals surface area contributed by atoms with Crippen molar-refractivity contribution in [3.63, 3.8) is 0 Å². The van der Waals surface area contributed by atoms with E-state index in [-0.39, 0.29) is 30.5 Å². The molecule has 21 heavy (non-hydrogen) atoms. The molecule has 1 amide bonds. The van der Waals surface area contributed by atoms with E-state index in [1.54, 1.807) is 0 Å². The first-order chi connectivity index (χ1) is 9.50. The number of hydrogen-bond donors (Lipinski definition) is 2. The lowest BCUT2D eigenvalue weighted by atomic mass is 10.1. The quantitative estimate of drug-likeness (QED) is 0.848. The van der Waals surface area contributed by atoms with Crippen molar-refractivity contribution in [2.45, 2.75) is 39.3 Å². The van der Waals surface area contributed by atoms with Crippen LogP contribution >= 0.6 is 12.4 Å². The highest BCUT2D eigenvalue weighted by atomic mass is 35.5. The molecule has 7 heteroatoms. The van der Waals surface area contributed by atoms with Crippen molar-refractivity contribution >= 4 is 18.3 Å². The van der Waals surface area contributed by atoms with E-state index in [0.717, 1.165) is 24.4 Å². The van der Waals surface area contributed by atoms with E-state index in [1.165, 1.54) is 5.56 Å². The number of hydrogen-bond acceptors (Lipinski definition) is 4. The number of halogens is 1. The van der Waals surface area contributed by atoms with Crippen molar-refractivity contribution in [2.24, 2.45) is 7.05 Å². The molecule has 0 saturated carbocycles. The number of aryl methyl sites for hydroxylation is 2. The van der Waals surface area contributed by atoms with Crippen LogP contribution in [-0.4, -0.2) is 47.5 Å². The molecule has 2 heterocycles. The van der Waals surface area contributed by atoms with E-state index in [2.05, 4.69) is 22.7 Å². The average molecular weight is 317 g/mol. The first-order valence-electron chi connectivity index (χ1n) is 7.12. The van der Waals surface area contributed by atoms with Gasteiger partial charge in [0.05, 0.1) is 18.4 Å². The zero-order chi connectivity index (χ0) is 14.7. The fourth-order valence-corrected chi connectivity index (χ4v) is 2.63. The van der Waals surface area contributed by atoms with Gasteiger partial charge in [-0.05, 0) is 32.8 Å². The number of aromatic nitrogens is 2. The third kappa shape index (κ3) is 4.18. The zero-order valence-corrected chi connectivity index (χ0v) is 13.9. The van der Waals surface area contributed by atoms with Gasteiger partial charge in [0.25, 0.3) is 0 Å². The lowest BCUT2D eigenvalue weighted by molar-refractivity contribution is -0.128. The second-order valence-corrected chi connectivity index (χ2v) is 5.32. The summed E-state index contributed by atoms with van der Waals surface area (Å²) in [6, 6.07) is -0.250. The number of morpholine rings is 1. The Morgan fingerprint density at radius 3 is 2.81 bits per heavy atom. The summed E-state index contributed by atoms with van der Waals surface area (Å²) in [5.74, 6) is 0.0106. The second-order valence-electron chi connectivity index (χ2n) is 5.32. The van der Waals surface area contributed by atoms with Gasteiger partial charge in [-0.25, -0.2) is 0 Å². The van der Waals surface area contributed by atoms with E-state index in [4.69, 9.17) is 4.74 Å². The molecule has 0 aromatic carbocycles. The summed E-state index contributed by atoms with van der Waals surface area (Å²) in [6.45, 7) is 7.99. The van der Waals surface area contributed by atoms with Gasteiger partial charge in [-0.3, -0.25) is 9.48 Å². The van der Waals surface area contributed by atoms with E-state index >= 15 is 0 Å². The molecule has 2 rings (SSSR count). The molecule has 1 saturated heterocycles. The smallest absolute Gasteiger partial charge is 0.239 e. The molecule has 1 aliphatic heterocycles. The molecule has 0 spiro atoms. The molecule has 1 aliphatic rings. The molecule has 0 unspecified atom stereocenters. The van der Waals surface area contributed by atoms with Crippen molar-refractivity contribution in [3.05, 3.63) is 17.0 Å². The Morgan fingerprint density at radius 2 is 2.24 bits per heavy atom. The number of nitrogens with zero attached hydrogens (tertiary/aromatic N) is 2. The van der Waals surface area contributed by atoms with Crippen molar-refractivity contribution < 1.29 is 9.53 Å². The standard InChI is InChI=1S/C14H24N4O2.ClH/c1-9-12(10(2)18(4)17-9)5-6-16-14(19)13-11(3)20-8-7-15-13;/h11,13,15H,5-8H2,1-4H3,(H,16,19);1H/t11-,13+;/m1./s1. The lowest BCUT2D eigenvalue weighted by Gasteiger charge is -2.29. The molecule has 0 bridgehead atoms. The van der Waals surface area contributed by atoms with Gasteiger partial charge in [-0.1, -0.05) is 0 Å². The van der Waals surface area contributed by atoms with Crippen molar-refractivity contribution in [1.29, 1.82) is 0 Å². The van der Waals surface area contributed by atoms with E-state index < -0.39 is 0 Å². The van der Waals surface area contributed by atoms with Crippen LogP contribution in [0.4, 0.5) is 0 Å². The van der Waals surface area contributed by atoms with Crippen LogP contribution in [0.2, 0.25) is 0 Å². The summed E-state index contributed by atoms with van der Waals surface area (Å²) >= 11 is 0. The number of ether oxygens (including phenoxy) is 1. The minimum Gasteiger partial charge on any atom is -0.375 e. The van der Waals surface area contributed by atoms with Crippen LogP contribution < -0.4 is 10.6 Å². The van der Waals surface area contributed by atoms with Crippen molar-refractivity contribution in [2.75, 3.05) is 19.7 Å². The first-order valence-corrected chi connectivity index (χ1v) is 7.12. The third-order valence-corrected chi connectivity index (χ3v) is 3.93. The van der Waals surface area contributed by atoms with Gasteiger partial charge in [-0.15, -0.1) is 12.4 Å². The first kappa shape index (κ1) is 17.9. The molecule has 0 aliphatic carbocycles. The highest BCUT2D eigenvalue weighted by Gasteiger charge is 2.27. The topological polar surface area (TPSA) is 68.2 Å². The Hall–Kier alpha value is -1.11. The summed E-state index contributed by atoms with van der Waals surface area (Å²) in [4.78, 5) is 12.1. The highest BCUT2D eigenvalue weighted by molar-refractivity contribution is 5.85. The maximum Gasteiger partial charge on any atom is 0.239 e. The summed E-state index contributed by atoms with van der Waals surface area (Å²) in [6.07, 6.45) is 0.727. The summed E-state index contributed by atoms with van der Waals surface area (Å²) in [5, 5.41) is 10.5. The summed E-state index contributed by atoms with van der Waals surface area (Å²) in [5.41, 5.74) is 3.41. The highest BCUT2D eigenvalue weighted by Crippen LogP contribution is 2.12. The predicted molar refractivity (Wildman–Crippen MR) is 83.8 cm³/mol. The maximum atomic E-state index is 12.1. The number of carbonyl (C=O) groups is 1. The van der Waals surface area contributed by atoms with Gasteiger partial charge < -0.3 is 15.4 Å². The Labute approximate surface area is 132 Å². The minimum absolute atomic E-state index is 0. The van der Waals surface area contributed by atoms with Crippen LogP contribution in [0.15, 0.2) is 0 Å². The second kappa shape index (κ2) is 7.77. The molecule has 6 nitrogen and oxygen atoms in total. The summed E-state index contributed by atoms with van der Waals surface area (Å²) in [7, 11) is 1.94. The largest absolute Gasteiger partial charge is 0.375 e. The fraction of sp³-hybridized carbons (Fsp3) is 0.714. The van der Waals surface area contributed by atoms with E-state index in [9.17, 15) is 4.79 Å². The predicted octanol–water partition coefficient (Wildman–Crippen LogP) is 0.494. The number of nitrogens with one attached hydrogen (secondary N) is 2. The SMILES string of the molecule is Cc1nn(C)c(C)c1CCNC(=O)[C@H]1NCCO[C@@H]1C.Cl. The number of carbonyl (C=O) groups excluding carboxylic acids is 1. The molecular weight excluding hydrogens is 292 g/mol. The van der Waals surface area contributed by atoms with Crippen molar-refractivity contribution in [3.8, 4) is 0 Å². The van der Waals surface area contributed by atoms with Crippen LogP contribution in [0.5, 0.6) is 0 Å². The van der Waals surface area contributed by atoms with Gasteiger partial charge in [0.15, 0.2) is 0 Å². The van der Waals surface area contributed by atoms with Gasteiger partial charge in [0.2, 0.25) is 5.91 Å². The number of rotatable bonds is 4. The Kier molecular flexibility index (Phi) is 6.64. The van der Waals surface area contributed by atoms with E-state index in [1.807, 2.05) is 25.6 Å². The molecule has 120 valence electrons. The average Bonchev–Trinajstić information content (AvgIpc) is 2.65. The lowest BCUT2D eigenvalue weighted by Crippen LogP contribution is -2.55. The fourth-order valence-electron chi connectivity index (χ4n) is 2.63. The van der Waals surface area contributed by atoms with Crippen LogP contribution in [0, 0.1) is 13.8 Å². The van der Waals surface area contributed by atoms with Gasteiger partial charge in [-0.2, -0.15) is 5.10 Å². The Morgan fingerprint density at radius 1 is 1.52 bits per heavy atom. The molecule has 2 atom stereocenters. The summed E-state index contributed by atoms with van der Waals surface area (Å²) < 4.78 is 7.36. The van der Waals surface area contributed by atoms with E-state index in [0.29, 0.717) is 13.2 Å². The monoisotopic (exact) mass is 316 g/mol. The van der Waals surface area contributed by atoms with Crippen LogP contribution in [0.1, 0.15) is 23.9 Å². The Bertz CT molecular complexity index is 490. The molecule has 1 aromatic heterocycles. The maximum absolute atomic E-state index is 12.1. The minimum atomic E-state index is -0.250. The van der Waals surface area contributed by atoms with Crippen LogP contribution in [-0.2, 0) is 23.0 Å². The van der Waals surface area contributed by atoms with Gasteiger partial charge in [0, 0.05) is 25.8 Å². The van der Waals surface area contributed by atoms with Crippen LogP contribution in [0.25, 0.3) is 0 Å². The molecule has 2 N–H and O–H groups in total. The molecule has 0 radical (unpaired) electrons. The third-order valence-electron chi connectivity index (χ3n) is 3.93. The van der Waals surface area contributed by atoms with Gasteiger partial charge in [0.1, 0.15) is 6.04 Å².